The van der Waals surface area contributed by atoms with Gasteiger partial charge in [-0.05, 0) is 121 Å². The summed E-state index contributed by atoms with van der Waals surface area (Å²) in [7, 11) is 2.85. The number of unbranched alkanes of at least 4 members (excludes halogenated alkanes) is 2. The van der Waals surface area contributed by atoms with E-state index < -0.39 is 58.0 Å². The maximum Gasteiger partial charge on any atom is 0.332 e. The highest BCUT2D eigenvalue weighted by Crippen LogP contribution is 2.23. The monoisotopic (exact) mass is 1930 g/mol. The number of imidazole rings is 4. The van der Waals surface area contributed by atoms with Crippen LogP contribution in [0.25, 0.3) is 44.7 Å². The molecule has 0 bridgehead atoms. The van der Waals surface area contributed by atoms with Crippen molar-refractivity contribution < 1.29 is 24.4 Å². The molecule has 0 saturated heterocycles. The number of thiazole rings is 2. The minimum Gasteiger partial charge on any atom is -0.396 e. The Hall–Kier alpha value is -5.00. The molecule has 0 aliphatic carbocycles. The summed E-state index contributed by atoms with van der Waals surface area (Å²) in [5, 5.41) is 21.0. The van der Waals surface area contributed by atoms with Crippen LogP contribution in [-0.2, 0) is 94.7 Å². The first-order valence-electron chi connectivity index (χ1n) is 35.0. The van der Waals surface area contributed by atoms with Crippen LogP contribution in [0.4, 0.5) is 0 Å². The van der Waals surface area contributed by atoms with E-state index in [4.69, 9.17) is 36.0 Å². The smallest absolute Gasteiger partial charge is 0.332 e. The van der Waals surface area contributed by atoms with Crippen LogP contribution in [0.2, 0.25) is 77.1 Å². The van der Waals surface area contributed by atoms with Crippen molar-refractivity contribution in [1.29, 1.82) is 0 Å². The number of H-pyrrole nitrogens is 1. The van der Waals surface area contributed by atoms with Gasteiger partial charge in [-0.25, -0.2) is 49.1 Å². The number of fused-ring (bicyclic) bond motifs is 4. The number of alkyl halides is 2. The van der Waals surface area contributed by atoms with Gasteiger partial charge < -0.3 is 29.0 Å². The van der Waals surface area contributed by atoms with Gasteiger partial charge in [0.05, 0.1) is 12.4 Å². The Morgan fingerprint density at radius 1 is 0.472 bits per heavy atom. The molecule has 0 aliphatic rings. The zero-order valence-corrected chi connectivity index (χ0v) is 77.8. The number of rotatable bonds is 29. The van der Waals surface area contributed by atoms with Crippen LogP contribution in [0.3, 0.4) is 0 Å². The van der Waals surface area contributed by atoms with E-state index in [0.717, 1.165) is 60.3 Å². The molecule has 0 fully saturated rings. The van der Waals surface area contributed by atoms with Gasteiger partial charge >= 0.3 is 22.8 Å². The second kappa shape index (κ2) is 43.3. The van der Waals surface area contributed by atoms with Crippen molar-refractivity contribution in [2.45, 2.75) is 196 Å². The van der Waals surface area contributed by atoms with Crippen molar-refractivity contribution in [3.8, 4) is 0 Å². The largest absolute Gasteiger partial charge is 0.396 e. The number of ether oxygens (including phenoxy) is 3. The molecule has 0 atom stereocenters. The van der Waals surface area contributed by atoms with E-state index in [2.05, 4.69) is 180 Å². The lowest BCUT2D eigenvalue weighted by Crippen LogP contribution is -2.40. The average molecular weight is 1940 g/mol. The summed E-state index contributed by atoms with van der Waals surface area (Å²) in [5.74, 6) is 0.540. The van der Waals surface area contributed by atoms with Gasteiger partial charge in [0.15, 0.2) is 63.6 Å². The fourth-order valence-electron chi connectivity index (χ4n) is 9.92. The zero-order valence-electron chi connectivity index (χ0n) is 64.5. The molecule has 0 radical (unpaired) electrons. The van der Waals surface area contributed by atoms with E-state index in [9.17, 15) is 38.4 Å². The molecule has 31 nitrogen and oxygen atoms in total. The third-order valence-corrected chi connectivity index (χ3v) is 26.5. The molecule has 42 heteroatoms. The van der Waals surface area contributed by atoms with Crippen molar-refractivity contribution in [3.63, 3.8) is 0 Å². The van der Waals surface area contributed by atoms with Crippen LogP contribution in [0.15, 0.2) is 69.7 Å². The van der Waals surface area contributed by atoms with Gasteiger partial charge in [0.2, 0.25) is 0 Å². The van der Waals surface area contributed by atoms with Crippen LogP contribution in [-0.4, -0.2) is 158 Å². The Bertz CT molecular complexity index is 5000. The van der Waals surface area contributed by atoms with Crippen LogP contribution in [0.1, 0.15) is 72.1 Å². The number of halogens is 6. The van der Waals surface area contributed by atoms with E-state index in [0.29, 0.717) is 115 Å². The SMILES string of the molecule is CCCCBr.CCCCn1c(=O)c2c(nc(Br)n2COCC[Si](C)(C)C)n(C)c1=O.Cc1cnc(CCl)s1.Cc1cnc(Cn2c(Br)nc3c2c(=O)n(CCCO)c(=O)n3C)s1.Cn1c(=O)[nH]c(=O)c2c1nc(Br)n2COCC[Si](C)(C)C.Cn1c(=O)n(CCCO)c(=O)c2c1nc(Br)n2COCC[Si](C)(C)C. The highest BCUT2D eigenvalue weighted by atomic mass is 79.9. The number of aliphatic hydroxyl groups excluding tert-OH is 2. The fraction of sp³-hybridized carbons (Fsp3) is 0.606. The van der Waals surface area contributed by atoms with E-state index in [1.165, 1.54) is 40.6 Å². The normalized spacial score (nSPS) is 11.7. The summed E-state index contributed by atoms with van der Waals surface area (Å²) in [5.41, 5.74) is -0.540. The molecular formula is C66H102Br5ClN18O13S2Si3. The number of aliphatic hydroxyl groups is 2. The molecule has 10 aromatic rings. The molecule has 0 spiro atoms. The Labute approximate surface area is 683 Å². The van der Waals surface area contributed by atoms with Gasteiger partial charge in [-0.2, -0.15) is 0 Å². The average Bonchev–Trinajstić information content (AvgIpc) is 1.63. The highest BCUT2D eigenvalue weighted by Gasteiger charge is 2.25. The third kappa shape index (κ3) is 26.0. The molecule has 10 heterocycles. The Kier molecular flexibility index (Phi) is 37.5. The number of hydrogen-bond donors (Lipinski definition) is 3. The lowest BCUT2D eigenvalue weighted by Gasteiger charge is -2.16. The maximum atomic E-state index is 12.9. The van der Waals surface area contributed by atoms with E-state index in [-0.39, 0.29) is 57.7 Å². The van der Waals surface area contributed by atoms with Crippen molar-refractivity contribution in [2.75, 3.05) is 38.4 Å². The van der Waals surface area contributed by atoms with Gasteiger partial charge in [0.1, 0.15) is 30.2 Å². The van der Waals surface area contributed by atoms with Gasteiger partial charge in [-0.3, -0.25) is 69.8 Å². The fourth-order valence-corrected chi connectivity index (χ4v) is 16.2. The number of aromatic amines is 1. The number of aromatic nitrogens is 18. The van der Waals surface area contributed by atoms with Gasteiger partial charge in [-0.1, -0.05) is 102 Å². The molecule has 0 aliphatic heterocycles. The van der Waals surface area contributed by atoms with Crippen LogP contribution in [0.5, 0.6) is 0 Å². The zero-order chi connectivity index (χ0) is 80.9. The molecule has 108 heavy (non-hydrogen) atoms. The van der Waals surface area contributed by atoms with Gasteiger partial charge in [-0.15, -0.1) is 34.3 Å². The summed E-state index contributed by atoms with van der Waals surface area (Å²) >= 11 is 25.4. The van der Waals surface area contributed by atoms with Crippen LogP contribution in [0, 0.1) is 13.8 Å². The van der Waals surface area contributed by atoms with Gasteiger partial charge in [0, 0.05) is 133 Å². The first-order chi connectivity index (χ1) is 50.7. The Morgan fingerprint density at radius 3 is 1.09 bits per heavy atom. The van der Waals surface area contributed by atoms with Gasteiger partial charge in [0.25, 0.3) is 22.2 Å². The topological polar surface area (TPSA) is 352 Å². The number of nitrogens with zero attached hydrogens (tertiary/aromatic N) is 17. The van der Waals surface area contributed by atoms with Crippen LogP contribution < -0.4 is 45.0 Å². The van der Waals surface area contributed by atoms with E-state index in [1.54, 1.807) is 75.3 Å². The second-order valence-corrected chi connectivity index (χ2v) is 52.2. The number of aryl methyl sites for hydroxylation is 6. The van der Waals surface area contributed by atoms with Crippen molar-refractivity contribution in [1.82, 2.24) is 85.1 Å². The standard InChI is InChI=1S/C16H27BrN4O3Si.C15H25BrN4O4Si.C14H16BrN5O3S.C12H19BrN4O3Si.C5H6ClNS.C4H9Br/c1-6-7-8-20-14(22)12-13(19(2)16(20)23)18-15(17)21(12)11-24-9-10-25(3,4)5;1-18-12-11(13(22)19(15(18)23)6-5-7-21)20(14(16)17-12)10-24-8-9-25(2,3)4;1-8-6-16-9(24-8)7-20-10-11(17-13(20)15)18(2)14(23)19(12(10)22)4-3-5-21;1-16-9-8(10(18)15-12(16)19)17(11(13)14-9)7-20-5-6-21(2,3)4;1-4-3-7-5(2-6)8-4;1-2-3-4-5/h6-11H2,1-5H3;21H,5-10H2,1-4H3;6,21H,3-5,7H2,1-2H3;5-7H2,1-4H3,(H,15,18,19);3H,2H2,1H3;2-4H2,1H3. The van der Waals surface area contributed by atoms with Crippen molar-refractivity contribution >= 4 is 183 Å². The molecule has 600 valence electrons. The summed E-state index contributed by atoms with van der Waals surface area (Å²) in [4.78, 5) is 129. The molecule has 0 saturated carbocycles. The first-order valence-corrected chi connectivity index (χ1v) is 52.6. The minimum atomic E-state index is -1.19. The summed E-state index contributed by atoms with van der Waals surface area (Å²) < 4.78 is 34.7. The van der Waals surface area contributed by atoms with E-state index in [1.807, 2.05) is 27.0 Å². The lowest BCUT2D eigenvalue weighted by atomic mass is 10.3. The summed E-state index contributed by atoms with van der Waals surface area (Å²) in [6, 6.07) is 3.12. The molecule has 10 rings (SSSR count). The van der Waals surface area contributed by atoms with Crippen molar-refractivity contribution in [3.05, 3.63) is 134 Å². The predicted octanol–water partition coefficient (Wildman–Crippen LogP) is 10.9. The first kappa shape index (κ1) is 93.6. The molecule has 0 aromatic carbocycles. The molecule has 10 aromatic heterocycles. The quantitative estimate of drug-likeness (QED) is 0.0170. The molecular weight excluding hydrogens is 1840 g/mol. The second-order valence-electron chi connectivity index (χ2n) is 28.8. The predicted molar refractivity (Wildman–Crippen MR) is 456 cm³/mol. The molecule has 3 N–H and O–H groups in total. The van der Waals surface area contributed by atoms with E-state index >= 15 is 0 Å². The minimum absolute atomic E-state index is 0.0869. The summed E-state index contributed by atoms with van der Waals surface area (Å²) in [6.07, 6.45) is 8.58. The van der Waals surface area contributed by atoms with Crippen molar-refractivity contribution in [2.24, 2.45) is 28.2 Å². The highest BCUT2D eigenvalue weighted by molar-refractivity contribution is 9.11. The molecule has 0 unspecified atom stereocenters. The summed E-state index contributed by atoms with van der Waals surface area (Å²) in [6.45, 7) is 32.2. The third-order valence-electron chi connectivity index (χ3n) is 16.2. The maximum absolute atomic E-state index is 12.9. The van der Waals surface area contributed by atoms with Crippen LogP contribution >= 0.6 is 114 Å². The number of nitrogens with one attached hydrogen (secondary N) is 1. The number of hydrogen-bond acceptors (Lipinski definition) is 21. The lowest BCUT2D eigenvalue weighted by molar-refractivity contribution is 0.0881. The Morgan fingerprint density at radius 2 is 0.796 bits per heavy atom. The Balaban J connectivity index is 0.000000244. The molecule has 0 amide bonds.